The van der Waals surface area contributed by atoms with E-state index in [1.165, 1.54) is 12.7 Å². The molecule has 0 N–H and O–H groups in total. The molecule has 0 spiro atoms. The number of Topliss-reactive ketones (excluding diaryl/α,β-unsaturated/α-hetero) is 1. The van der Waals surface area contributed by atoms with E-state index in [1.807, 2.05) is 60.7 Å². The lowest BCUT2D eigenvalue weighted by Gasteiger charge is -2.27. The van der Waals surface area contributed by atoms with Crippen LogP contribution in [0.5, 0.6) is 0 Å². The number of hydrogen-bond acceptors (Lipinski definition) is 4. The number of hydrogen-bond donors (Lipinski definition) is 0. The van der Waals surface area contributed by atoms with Gasteiger partial charge in [0, 0.05) is 18.7 Å². The number of carbonyl (C=O) groups is 2. The molecule has 4 rings (SSSR count). The van der Waals surface area contributed by atoms with Crippen molar-refractivity contribution in [2.45, 2.75) is 24.8 Å². The average molecular weight is 361 g/mol. The molecule has 0 saturated carbocycles. The van der Waals surface area contributed by atoms with Crippen molar-refractivity contribution in [3.8, 4) is 0 Å². The molecule has 4 heteroatoms. The molecule has 1 unspecified atom stereocenters. The Morgan fingerprint density at radius 2 is 1.74 bits per heavy atom. The zero-order valence-electron chi connectivity index (χ0n) is 15.4. The third-order valence-electron chi connectivity index (χ3n) is 5.63. The van der Waals surface area contributed by atoms with Gasteiger partial charge in [0.2, 0.25) is 0 Å². The van der Waals surface area contributed by atoms with Crippen LogP contribution in [0.1, 0.15) is 23.5 Å². The standard InChI is InChI=1S/C23H23NO3/c1-27-23(26)21(12-16-8-4-2-5-9-16)24-14-18-13-19(22(25)20(18)15-24)17-10-6-3-7-11-17/h2-11,19,21H,12-15H2,1H3/t19?,21-/m0/s1. The summed E-state index contributed by atoms with van der Waals surface area (Å²) in [4.78, 5) is 27.5. The topological polar surface area (TPSA) is 46.6 Å². The van der Waals surface area contributed by atoms with E-state index in [1.54, 1.807) is 0 Å². The van der Waals surface area contributed by atoms with Crippen LogP contribution in [-0.2, 0) is 20.7 Å². The van der Waals surface area contributed by atoms with E-state index >= 15 is 0 Å². The smallest absolute Gasteiger partial charge is 0.323 e. The second kappa shape index (κ2) is 7.49. The van der Waals surface area contributed by atoms with E-state index in [0.29, 0.717) is 19.5 Å². The summed E-state index contributed by atoms with van der Waals surface area (Å²) in [7, 11) is 1.42. The molecule has 0 saturated heterocycles. The fourth-order valence-electron chi connectivity index (χ4n) is 4.21. The number of nitrogens with zero attached hydrogens (tertiary/aromatic N) is 1. The predicted octanol–water partition coefficient (Wildman–Crippen LogP) is 3.14. The SMILES string of the molecule is COC(=O)[C@H](Cc1ccccc1)N1CC2=C(C1)C(=O)C(c1ccccc1)C2. The molecular weight excluding hydrogens is 338 g/mol. The van der Waals surface area contributed by atoms with E-state index in [0.717, 1.165) is 23.1 Å². The fraction of sp³-hybridized carbons (Fsp3) is 0.304. The van der Waals surface area contributed by atoms with E-state index in [2.05, 4.69) is 4.90 Å². The summed E-state index contributed by atoms with van der Waals surface area (Å²) >= 11 is 0. The molecule has 2 aromatic rings. The summed E-state index contributed by atoms with van der Waals surface area (Å²) in [5, 5.41) is 0. The van der Waals surface area contributed by atoms with Crippen molar-refractivity contribution in [3.63, 3.8) is 0 Å². The van der Waals surface area contributed by atoms with Crippen molar-refractivity contribution in [2.24, 2.45) is 0 Å². The number of ether oxygens (including phenoxy) is 1. The van der Waals surface area contributed by atoms with Crippen molar-refractivity contribution in [2.75, 3.05) is 20.2 Å². The molecule has 138 valence electrons. The maximum absolute atomic E-state index is 13.0. The molecule has 2 aromatic carbocycles. The van der Waals surface area contributed by atoms with Gasteiger partial charge in [-0.2, -0.15) is 0 Å². The van der Waals surface area contributed by atoms with Crippen LogP contribution in [0.3, 0.4) is 0 Å². The van der Waals surface area contributed by atoms with Crippen LogP contribution in [0.25, 0.3) is 0 Å². The van der Waals surface area contributed by atoms with Crippen LogP contribution < -0.4 is 0 Å². The van der Waals surface area contributed by atoms with Crippen LogP contribution >= 0.6 is 0 Å². The first-order valence-electron chi connectivity index (χ1n) is 9.33. The summed E-state index contributed by atoms with van der Waals surface area (Å²) in [5.74, 6) is -0.0989. The Hall–Kier alpha value is -2.72. The second-order valence-corrected chi connectivity index (χ2v) is 7.25. The van der Waals surface area contributed by atoms with E-state index < -0.39 is 0 Å². The molecule has 1 aliphatic carbocycles. The Morgan fingerprint density at radius 3 is 2.37 bits per heavy atom. The molecule has 1 heterocycles. The lowest BCUT2D eigenvalue weighted by molar-refractivity contribution is -0.146. The van der Waals surface area contributed by atoms with Gasteiger partial charge >= 0.3 is 5.97 Å². The summed E-state index contributed by atoms with van der Waals surface area (Å²) in [6, 6.07) is 19.5. The summed E-state index contributed by atoms with van der Waals surface area (Å²) in [6.45, 7) is 1.20. The third-order valence-corrected chi connectivity index (χ3v) is 5.63. The molecule has 0 bridgehead atoms. The van der Waals surface area contributed by atoms with Gasteiger partial charge < -0.3 is 4.74 Å². The summed E-state index contributed by atoms with van der Waals surface area (Å²) in [5.41, 5.74) is 4.24. The Bertz CT molecular complexity index is 873. The summed E-state index contributed by atoms with van der Waals surface area (Å²) < 4.78 is 5.05. The van der Waals surface area contributed by atoms with Gasteiger partial charge in [-0.3, -0.25) is 14.5 Å². The molecule has 2 atom stereocenters. The van der Waals surface area contributed by atoms with Gasteiger partial charge in [-0.05, 0) is 29.5 Å². The number of ketones is 1. The first kappa shape index (κ1) is 17.7. The number of carbonyl (C=O) groups excluding carboxylic acids is 2. The number of likely N-dealkylation sites (tertiary alicyclic amines) is 1. The minimum absolute atomic E-state index is 0.0657. The maximum atomic E-state index is 13.0. The van der Waals surface area contributed by atoms with Crippen molar-refractivity contribution in [1.29, 1.82) is 0 Å². The lowest BCUT2D eigenvalue weighted by atomic mass is 9.93. The highest BCUT2D eigenvalue weighted by Crippen LogP contribution is 2.40. The Kier molecular flexibility index (Phi) is 4.90. The average Bonchev–Trinajstić information content (AvgIpc) is 3.26. The highest BCUT2D eigenvalue weighted by molar-refractivity contribution is 6.05. The summed E-state index contributed by atoms with van der Waals surface area (Å²) in [6.07, 6.45) is 1.35. The third kappa shape index (κ3) is 3.45. The number of rotatable bonds is 5. The molecule has 0 radical (unpaired) electrons. The van der Waals surface area contributed by atoms with Crippen molar-refractivity contribution in [1.82, 2.24) is 4.90 Å². The largest absolute Gasteiger partial charge is 0.468 e. The van der Waals surface area contributed by atoms with Gasteiger partial charge in [0.1, 0.15) is 6.04 Å². The molecule has 27 heavy (non-hydrogen) atoms. The Labute approximate surface area is 159 Å². The zero-order chi connectivity index (χ0) is 18.8. The van der Waals surface area contributed by atoms with Crippen molar-refractivity contribution in [3.05, 3.63) is 82.9 Å². The van der Waals surface area contributed by atoms with Crippen molar-refractivity contribution >= 4 is 11.8 Å². The van der Waals surface area contributed by atoms with Gasteiger partial charge in [0.05, 0.1) is 13.0 Å². The number of benzene rings is 2. The minimum Gasteiger partial charge on any atom is -0.468 e. The molecule has 4 nitrogen and oxygen atoms in total. The highest BCUT2D eigenvalue weighted by Gasteiger charge is 2.42. The highest BCUT2D eigenvalue weighted by atomic mass is 16.5. The van der Waals surface area contributed by atoms with Crippen LogP contribution in [0.15, 0.2) is 71.8 Å². The molecular formula is C23H23NO3. The molecule has 2 aliphatic rings. The van der Waals surface area contributed by atoms with Crippen LogP contribution in [0.2, 0.25) is 0 Å². The first-order valence-corrected chi connectivity index (χ1v) is 9.33. The minimum atomic E-state index is -0.369. The molecule has 0 amide bonds. The van der Waals surface area contributed by atoms with Gasteiger partial charge in [0.25, 0.3) is 0 Å². The van der Waals surface area contributed by atoms with E-state index in [4.69, 9.17) is 4.74 Å². The van der Waals surface area contributed by atoms with E-state index in [-0.39, 0.29) is 23.7 Å². The maximum Gasteiger partial charge on any atom is 0.323 e. The van der Waals surface area contributed by atoms with Crippen molar-refractivity contribution < 1.29 is 14.3 Å². The predicted molar refractivity (Wildman–Crippen MR) is 103 cm³/mol. The molecule has 0 aromatic heterocycles. The number of esters is 1. The number of methoxy groups -OCH3 is 1. The van der Waals surface area contributed by atoms with Crippen LogP contribution in [0, 0.1) is 0 Å². The monoisotopic (exact) mass is 361 g/mol. The first-order chi connectivity index (χ1) is 13.2. The quantitative estimate of drug-likeness (QED) is 0.768. The normalized spacial score (nSPS) is 20.6. The van der Waals surface area contributed by atoms with Gasteiger partial charge in [0.15, 0.2) is 5.78 Å². The van der Waals surface area contributed by atoms with Gasteiger partial charge in [-0.15, -0.1) is 0 Å². The molecule has 0 fully saturated rings. The molecule has 1 aliphatic heterocycles. The van der Waals surface area contributed by atoms with Gasteiger partial charge in [-0.1, -0.05) is 60.7 Å². The Morgan fingerprint density at radius 1 is 1.07 bits per heavy atom. The van der Waals surface area contributed by atoms with E-state index in [9.17, 15) is 9.59 Å². The second-order valence-electron chi connectivity index (χ2n) is 7.25. The fourth-order valence-corrected chi connectivity index (χ4v) is 4.21. The zero-order valence-corrected chi connectivity index (χ0v) is 15.4. The van der Waals surface area contributed by atoms with Crippen LogP contribution in [-0.4, -0.2) is 42.9 Å². The van der Waals surface area contributed by atoms with Gasteiger partial charge in [-0.25, -0.2) is 0 Å². The lowest BCUT2D eigenvalue weighted by Crippen LogP contribution is -2.43. The van der Waals surface area contributed by atoms with Crippen LogP contribution in [0.4, 0.5) is 0 Å². The Balaban J connectivity index is 1.49.